The van der Waals surface area contributed by atoms with Gasteiger partial charge in [0.2, 0.25) is 0 Å². The first-order valence-electron chi connectivity index (χ1n) is 8.17. The minimum absolute atomic E-state index is 0.0667. The summed E-state index contributed by atoms with van der Waals surface area (Å²) in [5.41, 5.74) is 2.90. The van der Waals surface area contributed by atoms with Crippen LogP contribution < -0.4 is 0 Å². The van der Waals surface area contributed by atoms with Crippen molar-refractivity contribution < 1.29 is 4.79 Å². The molecule has 1 atom stereocenters. The molecule has 2 aromatic rings. The van der Waals surface area contributed by atoms with Crippen molar-refractivity contribution in [3.63, 3.8) is 0 Å². The molecule has 1 aliphatic rings. The predicted molar refractivity (Wildman–Crippen MR) is 86.8 cm³/mol. The van der Waals surface area contributed by atoms with Crippen LogP contribution in [0.1, 0.15) is 47.9 Å². The Bertz CT molecular complexity index is 620. The third kappa shape index (κ3) is 3.21. The van der Waals surface area contributed by atoms with Gasteiger partial charge in [0, 0.05) is 18.3 Å². The van der Waals surface area contributed by atoms with E-state index in [0.29, 0.717) is 11.7 Å². The summed E-state index contributed by atoms with van der Waals surface area (Å²) in [5.74, 6) is 0.0667. The molecule has 22 heavy (non-hydrogen) atoms. The van der Waals surface area contributed by atoms with E-state index in [-0.39, 0.29) is 5.91 Å². The first kappa shape index (κ1) is 14.8. The van der Waals surface area contributed by atoms with Gasteiger partial charge in [0.15, 0.2) is 0 Å². The molecule has 4 nitrogen and oxygen atoms in total. The monoisotopic (exact) mass is 297 g/mol. The molecule has 1 aliphatic heterocycles. The largest absolute Gasteiger partial charge is 0.334 e. The number of aryl methyl sites for hydroxylation is 1. The summed E-state index contributed by atoms with van der Waals surface area (Å²) < 4.78 is 0. The van der Waals surface area contributed by atoms with Gasteiger partial charge < -0.3 is 4.90 Å². The molecule has 0 radical (unpaired) electrons. The zero-order valence-electron chi connectivity index (χ0n) is 13.1. The lowest BCUT2D eigenvalue weighted by atomic mass is 10.0. The van der Waals surface area contributed by atoms with Crippen LogP contribution in [0.4, 0.5) is 0 Å². The Hall–Kier alpha value is -2.10. The standard InChI is InChI=1S/C18H23N3O/c1-2-7-15-13-17(20-19-15)18(22)21-11-6-10-16(21)12-14-8-4-3-5-9-14/h3-5,8-9,13,16H,2,6-7,10-12H2,1H3,(H,19,20). The van der Waals surface area contributed by atoms with Crippen LogP contribution in [-0.4, -0.2) is 33.6 Å². The van der Waals surface area contributed by atoms with Crippen LogP contribution in [0.5, 0.6) is 0 Å². The number of H-pyrrole nitrogens is 1. The van der Waals surface area contributed by atoms with Crippen molar-refractivity contribution in [1.82, 2.24) is 15.1 Å². The molecule has 2 heterocycles. The van der Waals surface area contributed by atoms with E-state index in [4.69, 9.17) is 0 Å². The number of aromatic amines is 1. The Balaban J connectivity index is 1.70. The van der Waals surface area contributed by atoms with Gasteiger partial charge >= 0.3 is 0 Å². The number of aromatic nitrogens is 2. The Morgan fingerprint density at radius 2 is 2.18 bits per heavy atom. The van der Waals surface area contributed by atoms with Crippen LogP contribution in [0.25, 0.3) is 0 Å². The lowest BCUT2D eigenvalue weighted by Crippen LogP contribution is -2.37. The number of nitrogens with zero attached hydrogens (tertiary/aromatic N) is 2. The van der Waals surface area contributed by atoms with Crippen molar-refractivity contribution in [1.29, 1.82) is 0 Å². The summed E-state index contributed by atoms with van der Waals surface area (Å²) in [5, 5.41) is 7.18. The van der Waals surface area contributed by atoms with E-state index in [2.05, 4.69) is 41.4 Å². The summed E-state index contributed by atoms with van der Waals surface area (Å²) in [6, 6.07) is 12.6. The van der Waals surface area contributed by atoms with Crippen molar-refractivity contribution in [3.8, 4) is 0 Å². The minimum Gasteiger partial charge on any atom is -0.334 e. The van der Waals surface area contributed by atoms with Gasteiger partial charge in [0.05, 0.1) is 0 Å². The van der Waals surface area contributed by atoms with Crippen LogP contribution in [0.2, 0.25) is 0 Å². The van der Waals surface area contributed by atoms with Gasteiger partial charge in [-0.05, 0) is 37.3 Å². The van der Waals surface area contributed by atoms with E-state index in [1.165, 1.54) is 5.56 Å². The van der Waals surface area contributed by atoms with Gasteiger partial charge in [-0.25, -0.2) is 0 Å². The van der Waals surface area contributed by atoms with E-state index < -0.39 is 0 Å². The van der Waals surface area contributed by atoms with Crippen molar-refractivity contribution in [2.24, 2.45) is 0 Å². The van der Waals surface area contributed by atoms with Crippen LogP contribution in [0.15, 0.2) is 36.4 Å². The lowest BCUT2D eigenvalue weighted by Gasteiger charge is -2.24. The summed E-state index contributed by atoms with van der Waals surface area (Å²) in [4.78, 5) is 14.7. The second-order valence-electron chi connectivity index (χ2n) is 6.01. The van der Waals surface area contributed by atoms with Crippen molar-refractivity contribution in [3.05, 3.63) is 53.3 Å². The molecule has 0 aliphatic carbocycles. The second kappa shape index (κ2) is 6.77. The number of carbonyl (C=O) groups excluding carboxylic acids is 1. The number of benzene rings is 1. The third-order valence-corrected chi connectivity index (χ3v) is 4.32. The van der Waals surface area contributed by atoms with Gasteiger partial charge in [0.1, 0.15) is 5.69 Å². The molecule has 0 saturated carbocycles. The zero-order chi connectivity index (χ0) is 15.4. The van der Waals surface area contributed by atoms with Crippen LogP contribution in [0, 0.1) is 0 Å². The third-order valence-electron chi connectivity index (χ3n) is 4.32. The van der Waals surface area contributed by atoms with E-state index in [1.54, 1.807) is 0 Å². The number of hydrogen-bond donors (Lipinski definition) is 1. The second-order valence-corrected chi connectivity index (χ2v) is 6.01. The first-order valence-corrected chi connectivity index (χ1v) is 8.17. The molecule has 116 valence electrons. The number of carbonyl (C=O) groups is 1. The maximum Gasteiger partial charge on any atom is 0.274 e. The van der Waals surface area contributed by atoms with Crippen molar-refractivity contribution in [2.75, 3.05) is 6.54 Å². The first-order chi connectivity index (χ1) is 10.8. The van der Waals surface area contributed by atoms with Gasteiger partial charge in [-0.2, -0.15) is 5.10 Å². The van der Waals surface area contributed by atoms with Gasteiger partial charge in [-0.1, -0.05) is 43.7 Å². The van der Waals surface area contributed by atoms with Crippen molar-refractivity contribution >= 4 is 5.91 Å². The minimum atomic E-state index is 0.0667. The van der Waals surface area contributed by atoms with Crippen LogP contribution >= 0.6 is 0 Å². The van der Waals surface area contributed by atoms with E-state index in [0.717, 1.165) is 44.3 Å². The van der Waals surface area contributed by atoms with Gasteiger partial charge in [-0.15, -0.1) is 0 Å². The Labute approximate surface area is 131 Å². The predicted octanol–water partition coefficient (Wildman–Crippen LogP) is 3.21. The molecule has 0 spiro atoms. The maximum absolute atomic E-state index is 12.7. The molecule has 1 aromatic heterocycles. The fourth-order valence-electron chi connectivity index (χ4n) is 3.22. The lowest BCUT2D eigenvalue weighted by molar-refractivity contribution is 0.0730. The molecule has 1 N–H and O–H groups in total. The topological polar surface area (TPSA) is 49.0 Å². The number of rotatable bonds is 5. The highest BCUT2D eigenvalue weighted by Crippen LogP contribution is 2.23. The SMILES string of the molecule is CCCc1cc(C(=O)N2CCCC2Cc2ccccc2)n[nH]1. The highest BCUT2D eigenvalue weighted by atomic mass is 16.2. The average molecular weight is 297 g/mol. The fourth-order valence-corrected chi connectivity index (χ4v) is 3.22. The van der Waals surface area contributed by atoms with Crippen LogP contribution in [-0.2, 0) is 12.8 Å². The fraction of sp³-hybridized carbons (Fsp3) is 0.444. The van der Waals surface area contributed by atoms with Crippen LogP contribution in [0.3, 0.4) is 0 Å². The number of nitrogens with one attached hydrogen (secondary N) is 1. The maximum atomic E-state index is 12.7. The Morgan fingerprint density at radius 1 is 1.36 bits per heavy atom. The van der Waals surface area contributed by atoms with Crippen molar-refractivity contribution in [2.45, 2.75) is 45.1 Å². The normalized spacial score (nSPS) is 17.9. The Morgan fingerprint density at radius 3 is 2.95 bits per heavy atom. The number of amides is 1. The summed E-state index contributed by atoms with van der Waals surface area (Å²) in [7, 11) is 0. The highest BCUT2D eigenvalue weighted by molar-refractivity contribution is 5.92. The average Bonchev–Trinajstić information content (AvgIpc) is 3.18. The number of hydrogen-bond acceptors (Lipinski definition) is 2. The van der Waals surface area contributed by atoms with Gasteiger partial charge in [0.25, 0.3) is 5.91 Å². The quantitative estimate of drug-likeness (QED) is 0.921. The van der Waals surface area contributed by atoms with E-state index in [1.807, 2.05) is 17.0 Å². The molecule has 0 bridgehead atoms. The summed E-state index contributed by atoms with van der Waals surface area (Å²) >= 11 is 0. The molecular weight excluding hydrogens is 274 g/mol. The molecular formula is C18H23N3O. The van der Waals surface area contributed by atoms with E-state index in [9.17, 15) is 4.79 Å². The molecule has 1 saturated heterocycles. The molecule has 1 aromatic carbocycles. The highest BCUT2D eigenvalue weighted by Gasteiger charge is 2.30. The molecule has 1 unspecified atom stereocenters. The van der Waals surface area contributed by atoms with Gasteiger partial charge in [-0.3, -0.25) is 9.89 Å². The zero-order valence-corrected chi connectivity index (χ0v) is 13.1. The molecule has 1 amide bonds. The molecule has 3 rings (SSSR count). The number of likely N-dealkylation sites (tertiary alicyclic amines) is 1. The molecule has 4 heteroatoms. The Kier molecular flexibility index (Phi) is 4.56. The smallest absolute Gasteiger partial charge is 0.274 e. The molecule has 1 fully saturated rings. The van der Waals surface area contributed by atoms with E-state index >= 15 is 0 Å². The summed E-state index contributed by atoms with van der Waals surface area (Å²) in [6.45, 7) is 2.96. The summed E-state index contributed by atoms with van der Waals surface area (Å²) in [6.07, 6.45) is 5.07.